The Balaban J connectivity index is 2.09. The number of ether oxygens (including phenoxy) is 1. The molecule has 2 rings (SSSR count). The third kappa shape index (κ3) is 4.69. The molecule has 1 fully saturated rings. The zero-order valence-corrected chi connectivity index (χ0v) is 15.7. The summed E-state index contributed by atoms with van der Waals surface area (Å²) in [5.41, 5.74) is 0.466. The highest BCUT2D eigenvalue weighted by Gasteiger charge is 2.22. The normalized spacial score (nSPS) is 18.6. The molecule has 1 aliphatic heterocycles. The molecule has 6 nitrogen and oxygen atoms in total. The van der Waals surface area contributed by atoms with E-state index in [1.807, 2.05) is 11.8 Å². The first kappa shape index (κ1) is 18.7. The van der Waals surface area contributed by atoms with Crippen molar-refractivity contribution in [2.24, 2.45) is 4.99 Å². The van der Waals surface area contributed by atoms with E-state index >= 15 is 0 Å². The summed E-state index contributed by atoms with van der Waals surface area (Å²) >= 11 is 2.03. The number of carbonyl (C=O) groups excluding carboxylic acids is 1. The van der Waals surface area contributed by atoms with Gasteiger partial charge in [-0.15, -0.1) is 0 Å². The van der Waals surface area contributed by atoms with E-state index in [2.05, 4.69) is 24.1 Å². The average Bonchev–Trinajstić information content (AvgIpc) is 2.98. The summed E-state index contributed by atoms with van der Waals surface area (Å²) in [7, 11) is 1.37. The predicted octanol–water partition coefficient (Wildman–Crippen LogP) is 2.67. The highest BCUT2D eigenvalue weighted by Crippen LogP contribution is 2.21. The van der Waals surface area contributed by atoms with Gasteiger partial charge in [-0.1, -0.05) is 6.92 Å². The first-order valence-corrected chi connectivity index (χ1v) is 9.46. The number of rotatable bonds is 5. The van der Waals surface area contributed by atoms with E-state index in [9.17, 15) is 4.79 Å². The third-order valence-corrected chi connectivity index (χ3v) is 5.36. The van der Waals surface area contributed by atoms with Crippen molar-refractivity contribution in [1.82, 2.24) is 10.2 Å². The Labute approximate surface area is 148 Å². The summed E-state index contributed by atoms with van der Waals surface area (Å²) in [4.78, 5) is 18.7. The average molecular weight is 353 g/mol. The van der Waals surface area contributed by atoms with Crippen LogP contribution in [0.15, 0.2) is 15.5 Å². The number of hydrogen-bond donors (Lipinski definition) is 1. The third-order valence-electron chi connectivity index (χ3n) is 3.99. The molecule has 24 heavy (non-hydrogen) atoms. The Morgan fingerprint density at radius 2 is 2.33 bits per heavy atom. The maximum Gasteiger partial charge on any atom is 0.341 e. The fourth-order valence-corrected chi connectivity index (χ4v) is 3.85. The number of carbonyl (C=O) groups is 1. The van der Waals surface area contributed by atoms with Gasteiger partial charge in [0.05, 0.1) is 7.11 Å². The molecule has 1 unspecified atom stereocenters. The molecule has 1 N–H and O–H groups in total. The zero-order valence-electron chi connectivity index (χ0n) is 14.9. The van der Waals surface area contributed by atoms with Crippen molar-refractivity contribution in [2.45, 2.75) is 39.0 Å². The molecule has 1 saturated heterocycles. The quantitative estimate of drug-likeness (QED) is 0.499. The van der Waals surface area contributed by atoms with Gasteiger partial charge >= 0.3 is 5.97 Å². The molecule has 1 atom stereocenters. The summed E-state index contributed by atoms with van der Waals surface area (Å²) in [6.45, 7) is 9.29. The number of thioether (sulfide) groups is 1. The van der Waals surface area contributed by atoms with Crippen molar-refractivity contribution >= 4 is 23.7 Å². The molecule has 1 aromatic rings. The number of esters is 1. The molecule has 134 valence electrons. The first-order valence-electron chi connectivity index (χ1n) is 8.41. The predicted molar refractivity (Wildman–Crippen MR) is 97.7 cm³/mol. The van der Waals surface area contributed by atoms with Crippen molar-refractivity contribution in [2.75, 3.05) is 32.5 Å². The van der Waals surface area contributed by atoms with Gasteiger partial charge in [-0.05, 0) is 26.3 Å². The maximum absolute atomic E-state index is 11.7. The summed E-state index contributed by atoms with van der Waals surface area (Å²) in [5.74, 6) is 2.89. The second kappa shape index (κ2) is 9.01. The Morgan fingerprint density at radius 1 is 1.54 bits per heavy atom. The van der Waals surface area contributed by atoms with Crippen LogP contribution in [0.5, 0.6) is 0 Å². The maximum atomic E-state index is 11.7. The van der Waals surface area contributed by atoms with Crippen molar-refractivity contribution in [1.29, 1.82) is 0 Å². The van der Waals surface area contributed by atoms with Gasteiger partial charge in [-0.25, -0.2) is 9.79 Å². The fraction of sp³-hybridized carbons (Fsp3) is 0.647. The van der Waals surface area contributed by atoms with Crippen LogP contribution in [0.1, 0.15) is 42.1 Å². The molecular weight excluding hydrogens is 326 g/mol. The topological polar surface area (TPSA) is 67.1 Å². The minimum Gasteiger partial charge on any atom is -0.465 e. The second-order valence-corrected chi connectivity index (χ2v) is 7.10. The van der Waals surface area contributed by atoms with E-state index in [1.165, 1.54) is 13.5 Å². The van der Waals surface area contributed by atoms with Gasteiger partial charge < -0.3 is 19.4 Å². The standard InChI is InChI=1S/C17H27N3O3S/c1-5-14-11-20(7-8-24-14)17(18-6-2)19-10-13-9-15(12(3)23-13)16(21)22-4/h9,14H,5-8,10-11H2,1-4H3,(H,18,19). The van der Waals surface area contributed by atoms with Gasteiger partial charge in [-0.2, -0.15) is 11.8 Å². The van der Waals surface area contributed by atoms with Crippen LogP contribution in [-0.4, -0.2) is 54.6 Å². The second-order valence-electron chi connectivity index (χ2n) is 5.69. The van der Waals surface area contributed by atoms with Crippen molar-refractivity contribution in [3.8, 4) is 0 Å². The van der Waals surface area contributed by atoms with Crippen molar-refractivity contribution in [3.63, 3.8) is 0 Å². The van der Waals surface area contributed by atoms with Gasteiger partial charge in [0.15, 0.2) is 5.96 Å². The first-order chi connectivity index (χ1) is 11.6. The number of aliphatic imine (C=N–C) groups is 1. The van der Waals surface area contributed by atoms with Crippen LogP contribution in [0.4, 0.5) is 0 Å². The van der Waals surface area contributed by atoms with Crippen LogP contribution in [0, 0.1) is 6.92 Å². The largest absolute Gasteiger partial charge is 0.465 e. The van der Waals surface area contributed by atoms with E-state index in [4.69, 9.17) is 14.1 Å². The monoisotopic (exact) mass is 353 g/mol. The summed E-state index contributed by atoms with van der Waals surface area (Å²) in [6, 6.07) is 1.72. The van der Waals surface area contributed by atoms with E-state index < -0.39 is 0 Å². The lowest BCUT2D eigenvalue weighted by Gasteiger charge is -2.34. The minimum absolute atomic E-state index is 0.378. The Morgan fingerprint density at radius 3 is 3.00 bits per heavy atom. The van der Waals surface area contributed by atoms with E-state index in [0.29, 0.717) is 28.9 Å². The lowest BCUT2D eigenvalue weighted by molar-refractivity contribution is 0.0599. The molecule has 0 aromatic carbocycles. The molecule has 0 bridgehead atoms. The van der Waals surface area contributed by atoms with Crippen LogP contribution >= 0.6 is 11.8 Å². The minimum atomic E-state index is -0.378. The molecular formula is C17H27N3O3S. The Bertz CT molecular complexity index is 586. The molecule has 1 aliphatic rings. The van der Waals surface area contributed by atoms with Crippen LogP contribution < -0.4 is 5.32 Å². The van der Waals surface area contributed by atoms with Gasteiger partial charge in [0.25, 0.3) is 0 Å². The number of furan rings is 1. The molecule has 7 heteroatoms. The number of hydrogen-bond acceptors (Lipinski definition) is 5. The lowest BCUT2D eigenvalue weighted by atomic mass is 10.2. The lowest BCUT2D eigenvalue weighted by Crippen LogP contribution is -2.47. The van der Waals surface area contributed by atoms with Crippen LogP contribution in [-0.2, 0) is 11.3 Å². The molecule has 0 aliphatic carbocycles. The molecule has 1 aromatic heterocycles. The van der Waals surface area contributed by atoms with Crippen LogP contribution in [0.25, 0.3) is 0 Å². The van der Waals surface area contributed by atoms with E-state index in [1.54, 1.807) is 13.0 Å². The van der Waals surface area contributed by atoms with Gasteiger partial charge in [0.2, 0.25) is 0 Å². The van der Waals surface area contributed by atoms with Crippen molar-refractivity contribution < 1.29 is 13.9 Å². The highest BCUT2D eigenvalue weighted by atomic mass is 32.2. The van der Waals surface area contributed by atoms with Crippen LogP contribution in [0.2, 0.25) is 0 Å². The number of nitrogens with zero attached hydrogens (tertiary/aromatic N) is 2. The molecule has 0 amide bonds. The fourth-order valence-electron chi connectivity index (χ4n) is 2.67. The van der Waals surface area contributed by atoms with Crippen LogP contribution in [0.3, 0.4) is 0 Å². The number of methoxy groups -OCH3 is 1. The summed E-state index contributed by atoms with van der Waals surface area (Å²) in [6.07, 6.45) is 1.17. The van der Waals surface area contributed by atoms with Gasteiger partial charge in [-0.3, -0.25) is 0 Å². The Kier molecular flexibility index (Phi) is 7.02. The SMILES string of the molecule is CCNC(=NCc1cc(C(=O)OC)c(C)o1)N1CCSC(CC)C1. The van der Waals surface area contributed by atoms with Crippen molar-refractivity contribution in [3.05, 3.63) is 23.2 Å². The van der Waals surface area contributed by atoms with Gasteiger partial charge in [0.1, 0.15) is 23.6 Å². The molecule has 2 heterocycles. The molecule has 0 spiro atoms. The zero-order chi connectivity index (χ0) is 17.5. The Hall–Kier alpha value is -1.63. The smallest absolute Gasteiger partial charge is 0.341 e. The summed E-state index contributed by atoms with van der Waals surface area (Å²) < 4.78 is 10.4. The molecule has 0 radical (unpaired) electrons. The van der Waals surface area contributed by atoms with E-state index in [-0.39, 0.29) is 5.97 Å². The number of guanidine groups is 1. The number of aryl methyl sites for hydroxylation is 1. The molecule has 0 saturated carbocycles. The van der Waals surface area contributed by atoms with Gasteiger partial charge in [0, 0.05) is 30.6 Å². The van der Waals surface area contributed by atoms with E-state index in [0.717, 1.165) is 31.3 Å². The number of nitrogens with one attached hydrogen (secondary N) is 1. The highest BCUT2D eigenvalue weighted by molar-refractivity contribution is 8.00. The summed E-state index contributed by atoms with van der Waals surface area (Å²) in [5, 5.41) is 4.01.